The molecule has 0 fully saturated rings. The Labute approximate surface area is 122 Å². The highest BCUT2D eigenvalue weighted by molar-refractivity contribution is 7.92. The summed E-state index contributed by atoms with van der Waals surface area (Å²) < 4.78 is 26.8. The smallest absolute Gasteiger partial charge is 0.264 e. The first-order valence-electron chi connectivity index (χ1n) is 5.67. The fourth-order valence-corrected chi connectivity index (χ4v) is 3.01. The van der Waals surface area contributed by atoms with Crippen molar-refractivity contribution < 1.29 is 8.42 Å². The molecule has 0 amide bonds. The van der Waals surface area contributed by atoms with Gasteiger partial charge >= 0.3 is 0 Å². The third-order valence-corrected chi connectivity index (χ3v) is 3.93. The predicted octanol–water partition coefficient (Wildman–Crippen LogP) is 2.13. The summed E-state index contributed by atoms with van der Waals surface area (Å²) in [5.41, 5.74) is 7.33. The first kappa shape index (κ1) is 14.5. The summed E-state index contributed by atoms with van der Waals surface area (Å²) in [4.78, 5) is 7.85. The molecule has 1 aromatic heterocycles. The largest absolute Gasteiger partial charge is 0.399 e. The lowest BCUT2D eigenvalue weighted by Crippen LogP contribution is -2.16. The van der Waals surface area contributed by atoms with Gasteiger partial charge in [0, 0.05) is 11.4 Å². The number of hydrogen-bond acceptors (Lipinski definition) is 5. The Kier molecular flexibility index (Phi) is 3.82. The Balaban J connectivity index is 2.40. The number of aromatic nitrogens is 2. The number of benzene rings is 1. The average Bonchev–Trinajstić information content (AvgIpc) is 2.25. The van der Waals surface area contributed by atoms with Crippen molar-refractivity contribution in [2.45, 2.75) is 18.7 Å². The summed E-state index contributed by atoms with van der Waals surface area (Å²) in [5, 5.41) is 0.166. The molecule has 6 nitrogen and oxygen atoms in total. The number of nitrogens with zero attached hydrogens (tertiary/aromatic N) is 2. The summed E-state index contributed by atoms with van der Waals surface area (Å²) in [6, 6.07) is 6.09. The summed E-state index contributed by atoms with van der Waals surface area (Å²) >= 11 is 5.77. The molecule has 3 N–H and O–H groups in total. The van der Waals surface area contributed by atoms with Crippen molar-refractivity contribution in [2.75, 3.05) is 10.5 Å². The van der Waals surface area contributed by atoms with Crippen molar-refractivity contribution in [1.29, 1.82) is 0 Å². The van der Waals surface area contributed by atoms with Gasteiger partial charge in [-0.3, -0.25) is 0 Å². The van der Waals surface area contributed by atoms with E-state index in [4.69, 9.17) is 17.3 Å². The minimum Gasteiger partial charge on any atom is -0.399 e. The molecular formula is C12H13ClN4O2S. The molecule has 1 heterocycles. The van der Waals surface area contributed by atoms with E-state index in [0.29, 0.717) is 11.4 Å². The van der Waals surface area contributed by atoms with Gasteiger partial charge in [-0.15, -0.1) is 0 Å². The fourth-order valence-electron chi connectivity index (χ4n) is 1.69. The Morgan fingerprint density at radius 1 is 1.15 bits per heavy atom. The van der Waals surface area contributed by atoms with Crippen LogP contribution in [0.3, 0.4) is 0 Å². The maximum absolute atomic E-state index is 12.2. The molecular weight excluding hydrogens is 300 g/mol. The molecule has 0 aliphatic carbocycles. The van der Waals surface area contributed by atoms with Gasteiger partial charge in [-0.25, -0.2) is 23.1 Å². The van der Waals surface area contributed by atoms with Gasteiger partial charge in [0.1, 0.15) is 5.15 Å². The zero-order valence-electron chi connectivity index (χ0n) is 10.9. The number of halogens is 1. The third-order valence-electron chi connectivity index (χ3n) is 2.43. The van der Waals surface area contributed by atoms with Crippen LogP contribution in [0.4, 0.5) is 11.6 Å². The van der Waals surface area contributed by atoms with E-state index in [0.717, 1.165) is 5.56 Å². The second-order valence-corrected chi connectivity index (χ2v) is 6.41. The summed E-state index contributed by atoms with van der Waals surface area (Å²) in [7, 11) is -3.81. The van der Waals surface area contributed by atoms with Gasteiger partial charge in [0.25, 0.3) is 10.0 Å². The van der Waals surface area contributed by atoms with E-state index in [1.807, 2.05) is 0 Å². The van der Waals surface area contributed by atoms with E-state index in [1.54, 1.807) is 19.9 Å². The molecule has 0 saturated carbocycles. The summed E-state index contributed by atoms with van der Waals surface area (Å²) in [6.07, 6.45) is 0. The fraction of sp³-hybridized carbons (Fsp3) is 0.167. The number of sulfonamides is 1. The first-order chi connectivity index (χ1) is 9.26. The van der Waals surface area contributed by atoms with Crippen molar-refractivity contribution >= 4 is 33.3 Å². The molecule has 20 heavy (non-hydrogen) atoms. The molecule has 8 heteroatoms. The molecule has 2 rings (SSSR count). The van der Waals surface area contributed by atoms with Crippen LogP contribution < -0.4 is 10.5 Å². The Morgan fingerprint density at radius 2 is 1.85 bits per heavy atom. The van der Waals surface area contributed by atoms with Crippen LogP contribution in [0.5, 0.6) is 0 Å². The molecule has 0 atom stereocenters. The topological polar surface area (TPSA) is 98.0 Å². The number of anilines is 2. The lowest BCUT2D eigenvalue weighted by Gasteiger charge is -2.09. The molecule has 0 aliphatic rings. The van der Waals surface area contributed by atoms with Crippen molar-refractivity contribution in [2.24, 2.45) is 0 Å². The normalized spacial score (nSPS) is 11.3. The van der Waals surface area contributed by atoms with Gasteiger partial charge in [-0.05, 0) is 43.7 Å². The van der Waals surface area contributed by atoms with Crippen LogP contribution in [0.2, 0.25) is 5.15 Å². The van der Waals surface area contributed by atoms with Crippen LogP contribution in [0.25, 0.3) is 0 Å². The second-order valence-electron chi connectivity index (χ2n) is 4.34. The van der Waals surface area contributed by atoms with Gasteiger partial charge in [0.05, 0.1) is 4.90 Å². The van der Waals surface area contributed by atoms with Crippen LogP contribution in [-0.4, -0.2) is 18.4 Å². The van der Waals surface area contributed by atoms with Crippen LogP contribution in [0.1, 0.15) is 11.3 Å². The van der Waals surface area contributed by atoms with E-state index in [9.17, 15) is 8.42 Å². The maximum Gasteiger partial charge on any atom is 0.264 e. The van der Waals surface area contributed by atoms with Crippen molar-refractivity contribution in [3.05, 3.63) is 40.7 Å². The minimum atomic E-state index is -3.81. The summed E-state index contributed by atoms with van der Waals surface area (Å²) in [5.74, 6) is -0.0740. The summed E-state index contributed by atoms with van der Waals surface area (Å²) in [6.45, 7) is 3.45. The molecule has 0 radical (unpaired) electrons. The van der Waals surface area contributed by atoms with Crippen LogP contribution in [0.15, 0.2) is 29.2 Å². The zero-order chi connectivity index (χ0) is 14.9. The highest BCUT2D eigenvalue weighted by Gasteiger charge is 2.17. The van der Waals surface area contributed by atoms with Crippen molar-refractivity contribution in [3.63, 3.8) is 0 Å². The van der Waals surface area contributed by atoms with E-state index in [1.165, 1.54) is 18.2 Å². The SMILES string of the molecule is Cc1cc(N)cc(S(=O)(=O)Nc2nc(C)cc(Cl)n2)c1. The third kappa shape index (κ3) is 3.37. The number of nitrogens with two attached hydrogens (primary N) is 1. The second kappa shape index (κ2) is 5.26. The molecule has 0 saturated heterocycles. The van der Waals surface area contributed by atoms with Gasteiger partial charge in [-0.2, -0.15) is 0 Å². The van der Waals surface area contributed by atoms with Gasteiger partial charge < -0.3 is 5.73 Å². The minimum absolute atomic E-state index is 0.0521. The highest BCUT2D eigenvalue weighted by Crippen LogP contribution is 2.19. The molecule has 0 unspecified atom stereocenters. The van der Waals surface area contributed by atoms with Gasteiger partial charge in [0.2, 0.25) is 5.95 Å². The van der Waals surface area contributed by atoms with Crippen LogP contribution in [-0.2, 0) is 10.0 Å². The maximum atomic E-state index is 12.2. The molecule has 2 aromatic rings. The lowest BCUT2D eigenvalue weighted by atomic mass is 10.2. The number of nitrogens with one attached hydrogen (secondary N) is 1. The number of rotatable bonds is 3. The van der Waals surface area contributed by atoms with E-state index in [2.05, 4.69) is 14.7 Å². The van der Waals surface area contributed by atoms with E-state index in [-0.39, 0.29) is 16.0 Å². The molecule has 0 spiro atoms. The average molecular weight is 313 g/mol. The standard InChI is InChI=1S/C12H13ClN4O2S/c1-7-3-9(14)6-10(4-7)20(18,19)17-12-15-8(2)5-11(13)16-12/h3-6H,14H2,1-2H3,(H,15,16,17). The number of nitrogen functional groups attached to an aromatic ring is 1. The molecule has 106 valence electrons. The predicted molar refractivity (Wildman–Crippen MR) is 78.2 cm³/mol. The highest BCUT2D eigenvalue weighted by atomic mass is 35.5. The van der Waals surface area contributed by atoms with E-state index >= 15 is 0 Å². The Hall–Kier alpha value is -1.86. The van der Waals surface area contributed by atoms with Gasteiger partial charge in [-0.1, -0.05) is 11.6 Å². The van der Waals surface area contributed by atoms with Crippen LogP contribution in [0, 0.1) is 13.8 Å². The van der Waals surface area contributed by atoms with E-state index < -0.39 is 10.0 Å². The van der Waals surface area contributed by atoms with Crippen molar-refractivity contribution in [1.82, 2.24) is 9.97 Å². The molecule has 1 aromatic carbocycles. The lowest BCUT2D eigenvalue weighted by molar-refractivity contribution is 0.600. The van der Waals surface area contributed by atoms with Crippen molar-refractivity contribution in [3.8, 4) is 0 Å². The Morgan fingerprint density at radius 3 is 2.45 bits per heavy atom. The Bertz CT molecular complexity index is 722. The van der Waals surface area contributed by atoms with Gasteiger partial charge in [0.15, 0.2) is 0 Å². The van der Waals surface area contributed by atoms with Crippen LogP contribution >= 0.6 is 11.6 Å². The molecule has 0 aliphatic heterocycles. The zero-order valence-corrected chi connectivity index (χ0v) is 12.5. The quantitative estimate of drug-likeness (QED) is 0.668. The number of aryl methyl sites for hydroxylation is 2. The number of hydrogen-bond donors (Lipinski definition) is 2. The molecule has 0 bridgehead atoms. The first-order valence-corrected chi connectivity index (χ1v) is 7.53. The monoisotopic (exact) mass is 312 g/mol.